The molecule has 4 rings (SSSR count). The van der Waals surface area contributed by atoms with Gasteiger partial charge in [-0.3, -0.25) is 14.3 Å². The Bertz CT molecular complexity index is 1190. The van der Waals surface area contributed by atoms with Crippen LogP contribution in [0.1, 0.15) is 6.42 Å². The van der Waals surface area contributed by atoms with Crippen LogP contribution in [0.3, 0.4) is 0 Å². The Labute approximate surface area is 167 Å². The third-order valence-corrected chi connectivity index (χ3v) is 4.43. The molecule has 4 aromatic rings. The number of ether oxygens (including phenoxy) is 1. The number of para-hydroxylation sites is 2. The van der Waals surface area contributed by atoms with Gasteiger partial charge in [-0.1, -0.05) is 30.3 Å². The molecule has 1 N–H and O–H groups in total. The van der Waals surface area contributed by atoms with E-state index in [0.717, 1.165) is 11.3 Å². The number of aromatic nitrogens is 2. The molecule has 29 heavy (non-hydrogen) atoms. The first-order valence-electron chi connectivity index (χ1n) is 9.27. The van der Waals surface area contributed by atoms with Gasteiger partial charge in [0.25, 0.3) is 0 Å². The summed E-state index contributed by atoms with van der Waals surface area (Å²) >= 11 is 0. The van der Waals surface area contributed by atoms with E-state index in [1.54, 1.807) is 35.0 Å². The lowest BCUT2D eigenvalue weighted by molar-refractivity contribution is -0.116. The smallest absolute Gasteiger partial charge is 0.226 e. The number of nitrogens with one attached hydrogen (secondary N) is 1. The minimum absolute atomic E-state index is 0.126. The highest BCUT2D eigenvalue weighted by molar-refractivity contribution is 5.90. The van der Waals surface area contributed by atoms with Crippen LogP contribution in [0.15, 0.2) is 89.9 Å². The number of anilines is 1. The molecule has 0 radical (unpaired) electrons. The van der Waals surface area contributed by atoms with Gasteiger partial charge in [0.05, 0.1) is 18.3 Å². The third kappa shape index (κ3) is 4.50. The van der Waals surface area contributed by atoms with Gasteiger partial charge in [-0.2, -0.15) is 5.10 Å². The highest BCUT2D eigenvalue weighted by Crippen LogP contribution is 2.22. The van der Waals surface area contributed by atoms with Crippen molar-refractivity contribution in [2.75, 3.05) is 5.32 Å². The number of hydrogen-bond donors (Lipinski definition) is 1. The molecule has 1 heterocycles. The predicted molar refractivity (Wildman–Crippen MR) is 112 cm³/mol. The Morgan fingerprint density at radius 1 is 0.897 bits per heavy atom. The molecule has 6 nitrogen and oxygen atoms in total. The molecule has 0 atom stereocenters. The monoisotopic (exact) mass is 385 g/mol. The van der Waals surface area contributed by atoms with Crippen molar-refractivity contribution >= 4 is 22.5 Å². The van der Waals surface area contributed by atoms with Gasteiger partial charge in [0.15, 0.2) is 0 Å². The Morgan fingerprint density at radius 2 is 1.59 bits per heavy atom. The van der Waals surface area contributed by atoms with Gasteiger partial charge in [0, 0.05) is 17.5 Å². The summed E-state index contributed by atoms with van der Waals surface area (Å²) in [6, 6.07) is 23.9. The number of fused-ring (bicyclic) bond motifs is 1. The van der Waals surface area contributed by atoms with Gasteiger partial charge >= 0.3 is 0 Å². The van der Waals surface area contributed by atoms with Crippen molar-refractivity contribution in [3.8, 4) is 11.5 Å². The molecule has 0 fully saturated rings. The lowest BCUT2D eigenvalue weighted by Gasteiger charge is -2.10. The van der Waals surface area contributed by atoms with Gasteiger partial charge in [0.2, 0.25) is 11.3 Å². The standard InChI is InChI=1S/C23H19N3O3/c27-22-16-24-26(21-9-5-4-8-20(21)22)15-14-23(28)25-17-10-12-19(13-11-17)29-18-6-2-1-3-7-18/h1-13,16H,14-15H2,(H,25,28). The summed E-state index contributed by atoms with van der Waals surface area (Å²) in [7, 11) is 0. The first kappa shape index (κ1) is 18.4. The van der Waals surface area contributed by atoms with Crippen LogP contribution < -0.4 is 15.5 Å². The number of carbonyl (C=O) groups excluding carboxylic acids is 1. The summed E-state index contributed by atoms with van der Waals surface area (Å²) in [5.74, 6) is 1.31. The van der Waals surface area contributed by atoms with Crippen molar-refractivity contribution in [2.24, 2.45) is 0 Å². The zero-order chi connectivity index (χ0) is 20.1. The molecule has 6 heteroatoms. The summed E-state index contributed by atoms with van der Waals surface area (Å²) in [5, 5.41) is 7.60. The molecule has 0 aliphatic heterocycles. The number of rotatable bonds is 6. The number of amides is 1. The van der Waals surface area contributed by atoms with Crippen LogP contribution in [0.5, 0.6) is 11.5 Å². The molecule has 3 aromatic carbocycles. The molecular formula is C23H19N3O3. The van der Waals surface area contributed by atoms with Gasteiger partial charge in [-0.05, 0) is 48.5 Å². The largest absolute Gasteiger partial charge is 0.457 e. The van der Waals surface area contributed by atoms with E-state index in [0.29, 0.717) is 23.4 Å². The van der Waals surface area contributed by atoms with E-state index in [4.69, 9.17) is 4.74 Å². The molecular weight excluding hydrogens is 366 g/mol. The second-order valence-corrected chi connectivity index (χ2v) is 6.49. The van der Waals surface area contributed by atoms with Crippen molar-refractivity contribution < 1.29 is 9.53 Å². The maximum atomic E-state index is 12.3. The second-order valence-electron chi connectivity index (χ2n) is 6.49. The molecule has 0 spiro atoms. The number of carbonyl (C=O) groups is 1. The van der Waals surface area contributed by atoms with E-state index < -0.39 is 0 Å². The van der Waals surface area contributed by atoms with Crippen molar-refractivity contribution in [3.05, 3.63) is 95.3 Å². The minimum atomic E-state index is -0.133. The van der Waals surface area contributed by atoms with Crippen molar-refractivity contribution in [2.45, 2.75) is 13.0 Å². The fourth-order valence-corrected chi connectivity index (χ4v) is 3.00. The number of aryl methyl sites for hydroxylation is 1. The van der Waals surface area contributed by atoms with E-state index in [-0.39, 0.29) is 17.8 Å². The van der Waals surface area contributed by atoms with E-state index in [1.165, 1.54) is 6.20 Å². The maximum absolute atomic E-state index is 12.3. The van der Waals surface area contributed by atoms with Crippen LogP contribution in [0, 0.1) is 0 Å². The van der Waals surface area contributed by atoms with Gasteiger partial charge in [-0.25, -0.2) is 0 Å². The molecule has 0 saturated heterocycles. The van der Waals surface area contributed by atoms with Gasteiger partial charge < -0.3 is 10.1 Å². The van der Waals surface area contributed by atoms with Crippen molar-refractivity contribution in [1.82, 2.24) is 9.78 Å². The van der Waals surface area contributed by atoms with E-state index in [9.17, 15) is 9.59 Å². The highest BCUT2D eigenvalue weighted by atomic mass is 16.5. The fourth-order valence-electron chi connectivity index (χ4n) is 3.00. The van der Waals surface area contributed by atoms with Crippen molar-refractivity contribution in [3.63, 3.8) is 0 Å². The average Bonchev–Trinajstić information content (AvgIpc) is 2.76. The molecule has 0 aliphatic carbocycles. The number of hydrogen-bond acceptors (Lipinski definition) is 4. The summed E-state index contributed by atoms with van der Waals surface area (Å²) in [6.45, 7) is 0.377. The number of benzene rings is 3. The first-order chi connectivity index (χ1) is 14.2. The zero-order valence-electron chi connectivity index (χ0n) is 15.6. The Kier molecular flexibility index (Phi) is 5.33. The lowest BCUT2D eigenvalue weighted by atomic mass is 10.2. The van der Waals surface area contributed by atoms with E-state index >= 15 is 0 Å². The fraction of sp³-hybridized carbons (Fsp3) is 0.0870. The SMILES string of the molecule is O=C(CCn1ncc(=O)c2ccccc21)Nc1ccc(Oc2ccccc2)cc1. The molecule has 1 aromatic heterocycles. The Hall–Kier alpha value is -3.93. The van der Waals surface area contributed by atoms with Gasteiger partial charge in [0.1, 0.15) is 11.5 Å². The quantitative estimate of drug-likeness (QED) is 0.539. The third-order valence-electron chi connectivity index (χ3n) is 4.43. The van der Waals surface area contributed by atoms with Crippen LogP contribution in [-0.2, 0) is 11.3 Å². The predicted octanol–water partition coefficient (Wildman–Crippen LogP) is 4.22. The summed E-state index contributed by atoms with van der Waals surface area (Å²) < 4.78 is 7.42. The minimum Gasteiger partial charge on any atom is -0.457 e. The molecule has 0 unspecified atom stereocenters. The van der Waals surface area contributed by atoms with Crippen LogP contribution in [0.2, 0.25) is 0 Å². The second kappa shape index (κ2) is 8.39. The topological polar surface area (TPSA) is 73.2 Å². The molecule has 1 amide bonds. The highest BCUT2D eigenvalue weighted by Gasteiger charge is 2.07. The zero-order valence-corrected chi connectivity index (χ0v) is 15.6. The van der Waals surface area contributed by atoms with Crippen LogP contribution >= 0.6 is 0 Å². The lowest BCUT2D eigenvalue weighted by Crippen LogP contribution is -2.18. The van der Waals surface area contributed by atoms with Crippen LogP contribution in [-0.4, -0.2) is 15.7 Å². The normalized spacial score (nSPS) is 10.6. The van der Waals surface area contributed by atoms with Gasteiger partial charge in [-0.15, -0.1) is 0 Å². The molecule has 144 valence electrons. The summed E-state index contributed by atoms with van der Waals surface area (Å²) in [6.07, 6.45) is 1.52. The molecule has 0 bridgehead atoms. The average molecular weight is 385 g/mol. The van der Waals surface area contributed by atoms with E-state index in [1.807, 2.05) is 48.5 Å². The number of nitrogens with zero attached hydrogens (tertiary/aromatic N) is 2. The van der Waals surface area contributed by atoms with Crippen molar-refractivity contribution in [1.29, 1.82) is 0 Å². The van der Waals surface area contributed by atoms with Crippen LogP contribution in [0.4, 0.5) is 5.69 Å². The Balaban J connectivity index is 1.37. The molecule has 0 aliphatic rings. The summed E-state index contributed by atoms with van der Waals surface area (Å²) in [4.78, 5) is 24.2. The maximum Gasteiger partial charge on any atom is 0.226 e. The summed E-state index contributed by atoms with van der Waals surface area (Å²) in [5.41, 5.74) is 1.28. The van der Waals surface area contributed by atoms with Crippen LogP contribution in [0.25, 0.3) is 10.9 Å². The van der Waals surface area contributed by atoms with E-state index in [2.05, 4.69) is 10.4 Å². The Morgan fingerprint density at radius 3 is 2.38 bits per heavy atom. The first-order valence-corrected chi connectivity index (χ1v) is 9.27. The molecule has 0 saturated carbocycles.